The van der Waals surface area contributed by atoms with Gasteiger partial charge in [-0.3, -0.25) is 4.79 Å². The van der Waals surface area contributed by atoms with Crippen LogP contribution in [0, 0.1) is 19.7 Å². The molecule has 0 spiro atoms. The van der Waals surface area contributed by atoms with Crippen LogP contribution in [-0.4, -0.2) is 20.9 Å². The van der Waals surface area contributed by atoms with Crippen molar-refractivity contribution < 1.29 is 17.6 Å². The van der Waals surface area contributed by atoms with Crippen LogP contribution in [0.2, 0.25) is 0 Å². The predicted octanol–water partition coefficient (Wildman–Crippen LogP) is 3.19. The van der Waals surface area contributed by atoms with Gasteiger partial charge in [-0.1, -0.05) is 33.6 Å². The molecule has 0 aliphatic carbocycles. The molecule has 0 atom stereocenters. The minimum atomic E-state index is -3.68. The second-order valence-electron chi connectivity index (χ2n) is 5.93. The lowest BCUT2D eigenvalue weighted by Gasteiger charge is -2.10. The molecule has 0 aliphatic rings. The Balaban J connectivity index is 1.86. The first kappa shape index (κ1) is 20.5. The number of nitrogens with one attached hydrogen (secondary N) is 2. The summed E-state index contributed by atoms with van der Waals surface area (Å²) in [4.78, 5) is 12.1. The molecule has 2 rings (SSSR count). The maximum absolute atomic E-state index is 13.6. The van der Waals surface area contributed by atoms with Crippen LogP contribution in [0.15, 0.2) is 45.8 Å². The maximum Gasteiger partial charge on any atom is 0.240 e. The number of carbonyl (C=O) groups excluding carboxylic acids is 1. The standard InChI is InChI=1S/C18H20BrFN2O3S/c1-12-3-6-17(13(2)9-12)26(24,25)22-8-7-18(23)21-11-14-10-15(19)4-5-16(14)20/h3-6,9-10,22H,7-8,11H2,1-2H3,(H,21,23). The van der Waals surface area contributed by atoms with Crippen molar-refractivity contribution in [3.63, 3.8) is 0 Å². The van der Waals surface area contributed by atoms with Crippen molar-refractivity contribution in [1.29, 1.82) is 0 Å². The monoisotopic (exact) mass is 442 g/mol. The Kier molecular flexibility index (Phi) is 6.91. The number of hydrogen-bond donors (Lipinski definition) is 2. The van der Waals surface area contributed by atoms with E-state index in [1.807, 2.05) is 6.92 Å². The third-order valence-corrected chi connectivity index (χ3v) is 5.86. The molecule has 8 heteroatoms. The topological polar surface area (TPSA) is 75.3 Å². The molecule has 5 nitrogen and oxygen atoms in total. The molecule has 0 aliphatic heterocycles. The van der Waals surface area contributed by atoms with Gasteiger partial charge in [0.15, 0.2) is 0 Å². The molecule has 0 bridgehead atoms. The predicted molar refractivity (Wildman–Crippen MR) is 102 cm³/mol. The van der Waals surface area contributed by atoms with E-state index in [0.717, 1.165) is 5.56 Å². The van der Waals surface area contributed by atoms with Crippen LogP contribution in [0.25, 0.3) is 0 Å². The van der Waals surface area contributed by atoms with E-state index >= 15 is 0 Å². The Labute approximate surface area is 161 Å². The molecule has 140 valence electrons. The van der Waals surface area contributed by atoms with Crippen molar-refractivity contribution in [2.45, 2.75) is 31.7 Å². The van der Waals surface area contributed by atoms with E-state index in [2.05, 4.69) is 26.0 Å². The average molecular weight is 443 g/mol. The Morgan fingerprint density at radius 1 is 1.15 bits per heavy atom. The van der Waals surface area contributed by atoms with Gasteiger partial charge >= 0.3 is 0 Å². The molecule has 1 amide bonds. The molecule has 0 radical (unpaired) electrons. The molecule has 0 saturated heterocycles. The van der Waals surface area contributed by atoms with E-state index in [9.17, 15) is 17.6 Å². The Morgan fingerprint density at radius 3 is 2.58 bits per heavy atom. The molecule has 0 heterocycles. The van der Waals surface area contributed by atoms with E-state index in [0.29, 0.717) is 15.6 Å². The summed E-state index contributed by atoms with van der Waals surface area (Å²) in [6.07, 6.45) is -0.0419. The largest absolute Gasteiger partial charge is 0.352 e. The van der Waals surface area contributed by atoms with Gasteiger partial charge in [-0.15, -0.1) is 0 Å². The Morgan fingerprint density at radius 2 is 1.88 bits per heavy atom. The lowest BCUT2D eigenvalue weighted by atomic mass is 10.2. The van der Waals surface area contributed by atoms with Crippen LogP contribution in [0.4, 0.5) is 4.39 Å². The number of sulfonamides is 1. The van der Waals surface area contributed by atoms with Crippen molar-refractivity contribution in [2.75, 3.05) is 6.54 Å². The highest BCUT2D eigenvalue weighted by Crippen LogP contribution is 2.16. The van der Waals surface area contributed by atoms with Gasteiger partial charge in [0.2, 0.25) is 15.9 Å². The summed E-state index contributed by atoms with van der Waals surface area (Å²) in [5, 5.41) is 2.58. The second-order valence-corrected chi connectivity index (χ2v) is 8.58. The first-order valence-electron chi connectivity index (χ1n) is 7.96. The normalized spacial score (nSPS) is 11.4. The van der Waals surface area contributed by atoms with Gasteiger partial charge in [0.05, 0.1) is 4.90 Å². The highest BCUT2D eigenvalue weighted by atomic mass is 79.9. The quantitative estimate of drug-likeness (QED) is 0.691. The minimum absolute atomic E-state index is 0.0356. The molecular formula is C18H20BrFN2O3S. The number of halogens is 2. The highest BCUT2D eigenvalue weighted by Gasteiger charge is 2.16. The van der Waals surface area contributed by atoms with E-state index in [4.69, 9.17) is 0 Å². The van der Waals surface area contributed by atoms with Gasteiger partial charge in [0.1, 0.15) is 5.82 Å². The van der Waals surface area contributed by atoms with Gasteiger partial charge in [-0.2, -0.15) is 0 Å². The van der Waals surface area contributed by atoms with Gasteiger partial charge in [-0.05, 0) is 43.7 Å². The van der Waals surface area contributed by atoms with Gasteiger partial charge in [-0.25, -0.2) is 17.5 Å². The molecule has 0 aromatic heterocycles. The third-order valence-electron chi connectivity index (χ3n) is 3.75. The van der Waals surface area contributed by atoms with E-state index in [-0.39, 0.29) is 30.3 Å². The summed E-state index contributed by atoms with van der Waals surface area (Å²) in [7, 11) is -3.68. The van der Waals surface area contributed by atoms with E-state index < -0.39 is 15.8 Å². The van der Waals surface area contributed by atoms with Crippen molar-refractivity contribution in [3.05, 3.63) is 63.4 Å². The minimum Gasteiger partial charge on any atom is -0.352 e. The molecule has 0 unspecified atom stereocenters. The number of benzene rings is 2. The van der Waals surface area contributed by atoms with Crippen molar-refractivity contribution in [2.24, 2.45) is 0 Å². The number of aryl methyl sites for hydroxylation is 2. The molecular weight excluding hydrogens is 423 g/mol. The van der Waals surface area contributed by atoms with E-state index in [1.54, 1.807) is 37.3 Å². The maximum atomic E-state index is 13.6. The lowest BCUT2D eigenvalue weighted by molar-refractivity contribution is -0.121. The molecule has 2 N–H and O–H groups in total. The number of hydrogen-bond acceptors (Lipinski definition) is 3. The zero-order chi connectivity index (χ0) is 19.3. The fourth-order valence-corrected chi connectivity index (χ4v) is 4.10. The lowest BCUT2D eigenvalue weighted by Crippen LogP contribution is -2.31. The number of amides is 1. The summed E-state index contributed by atoms with van der Waals surface area (Å²) in [5.41, 5.74) is 1.97. The Bertz CT molecular complexity index is 917. The van der Waals surface area contributed by atoms with Crippen LogP contribution in [0.1, 0.15) is 23.1 Å². The van der Waals surface area contributed by atoms with Crippen molar-refractivity contribution in [1.82, 2.24) is 10.0 Å². The van der Waals surface area contributed by atoms with Crippen molar-refractivity contribution >= 4 is 31.9 Å². The van der Waals surface area contributed by atoms with Gasteiger partial charge in [0, 0.05) is 29.5 Å². The summed E-state index contributed by atoms with van der Waals surface area (Å²) in [6, 6.07) is 9.52. The Hall–Kier alpha value is -1.77. The smallest absolute Gasteiger partial charge is 0.240 e. The summed E-state index contributed by atoms with van der Waals surface area (Å²) >= 11 is 3.24. The fourth-order valence-electron chi connectivity index (χ4n) is 2.44. The zero-order valence-electron chi connectivity index (χ0n) is 14.5. The van der Waals surface area contributed by atoms with Crippen LogP contribution in [0.5, 0.6) is 0 Å². The van der Waals surface area contributed by atoms with Crippen LogP contribution in [-0.2, 0) is 21.4 Å². The number of carbonyl (C=O) groups is 1. The second kappa shape index (κ2) is 8.75. The van der Waals surface area contributed by atoms with Crippen LogP contribution < -0.4 is 10.0 Å². The van der Waals surface area contributed by atoms with Crippen LogP contribution in [0.3, 0.4) is 0 Å². The first-order chi connectivity index (χ1) is 12.2. The first-order valence-corrected chi connectivity index (χ1v) is 10.2. The SMILES string of the molecule is Cc1ccc(S(=O)(=O)NCCC(=O)NCc2cc(Br)ccc2F)c(C)c1. The summed E-state index contributed by atoms with van der Waals surface area (Å²) in [5.74, 6) is -0.781. The average Bonchev–Trinajstić information content (AvgIpc) is 2.55. The highest BCUT2D eigenvalue weighted by molar-refractivity contribution is 9.10. The van der Waals surface area contributed by atoms with Gasteiger partial charge < -0.3 is 5.32 Å². The molecule has 26 heavy (non-hydrogen) atoms. The zero-order valence-corrected chi connectivity index (χ0v) is 16.9. The third kappa shape index (κ3) is 5.62. The van der Waals surface area contributed by atoms with Gasteiger partial charge in [0.25, 0.3) is 0 Å². The summed E-state index contributed by atoms with van der Waals surface area (Å²) < 4.78 is 41.4. The van der Waals surface area contributed by atoms with E-state index in [1.165, 1.54) is 6.07 Å². The fraction of sp³-hybridized carbons (Fsp3) is 0.278. The molecule has 0 fully saturated rings. The molecule has 0 saturated carbocycles. The van der Waals surface area contributed by atoms with Crippen LogP contribution >= 0.6 is 15.9 Å². The molecule has 2 aromatic carbocycles. The summed E-state index contributed by atoms with van der Waals surface area (Å²) in [6.45, 7) is 3.60. The number of rotatable bonds is 7. The van der Waals surface area contributed by atoms with Crippen molar-refractivity contribution in [3.8, 4) is 0 Å². The molecule has 2 aromatic rings.